The van der Waals surface area contributed by atoms with E-state index >= 15 is 0 Å². The lowest BCUT2D eigenvalue weighted by molar-refractivity contribution is 0.251. The number of hydrogen-bond donors (Lipinski definition) is 2. The monoisotopic (exact) mass is 361 g/mol. The van der Waals surface area contributed by atoms with Crippen molar-refractivity contribution >= 4 is 34.9 Å². The Hall–Kier alpha value is -2.57. The van der Waals surface area contributed by atoms with Crippen molar-refractivity contribution in [1.29, 1.82) is 0 Å². The third-order valence-electron chi connectivity index (χ3n) is 3.25. The molecule has 0 unspecified atom stereocenters. The molecule has 0 aliphatic carbocycles. The molecule has 3 aromatic rings. The van der Waals surface area contributed by atoms with Crippen molar-refractivity contribution in [2.45, 2.75) is 6.54 Å². The van der Waals surface area contributed by atoms with Gasteiger partial charge >= 0.3 is 6.03 Å². The van der Waals surface area contributed by atoms with Crippen LogP contribution in [-0.4, -0.2) is 20.8 Å². The van der Waals surface area contributed by atoms with Crippen LogP contribution in [0, 0.1) is 0 Å². The maximum absolute atomic E-state index is 11.9. The average Bonchev–Trinajstić information content (AvgIpc) is 3.11. The van der Waals surface area contributed by atoms with Gasteiger partial charge in [-0.05, 0) is 35.9 Å². The molecule has 24 heavy (non-hydrogen) atoms. The van der Waals surface area contributed by atoms with Gasteiger partial charge in [0.1, 0.15) is 12.7 Å². The Bertz CT molecular complexity index is 834. The zero-order chi connectivity index (χ0) is 16.9. The van der Waals surface area contributed by atoms with Crippen molar-refractivity contribution in [2.75, 3.05) is 5.32 Å². The Labute approximate surface area is 148 Å². The summed E-state index contributed by atoms with van der Waals surface area (Å²) in [6, 6.07) is 12.2. The van der Waals surface area contributed by atoms with Crippen molar-refractivity contribution in [2.24, 2.45) is 0 Å². The minimum absolute atomic E-state index is 0.325. The molecule has 1 aromatic heterocycles. The summed E-state index contributed by atoms with van der Waals surface area (Å²) < 4.78 is 1.66. The third kappa shape index (κ3) is 4.04. The second-order valence-corrected chi connectivity index (χ2v) is 5.76. The van der Waals surface area contributed by atoms with Gasteiger partial charge in [-0.25, -0.2) is 14.5 Å². The molecule has 0 aliphatic heterocycles. The summed E-state index contributed by atoms with van der Waals surface area (Å²) in [7, 11) is 0. The normalized spacial score (nSPS) is 10.4. The van der Waals surface area contributed by atoms with Crippen molar-refractivity contribution in [3.63, 3.8) is 0 Å². The van der Waals surface area contributed by atoms with Gasteiger partial charge in [-0.2, -0.15) is 5.10 Å². The van der Waals surface area contributed by atoms with E-state index in [0.29, 0.717) is 22.3 Å². The fourth-order valence-corrected chi connectivity index (χ4v) is 2.34. The van der Waals surface area contributed by atoms with Crippen molar-refractivity contribution in [1.82, 2.24) is 20.1 Å². The van der Waals surface area contributed by atoms with Crippen LogP contribution in [0.5, 0.6) is 0 Å². The number of aromatic nitrogens is 3. The van der Waals surface area contributed by atoms with E-state index in [1.54, 1.807) is 29.2 Å². The molecule has 2 N–H and O–H groups in total. The average molecular weight is 362 g/mol. The summed E-state index contributed by atoms with van der Waals surface area (Å²) in [4.78, 5) is 15.8. The number of carbonyl (C=O) groups excluding carboxylic acids is 1. The van der Waals surface area contributed by atoms with Crippen molar-refractivity contribution in [3.05, 3.63) is 70.7 Å². The molecule has 0 saturated carbocycles. The number of urea groups is 1. The summed E-state index contributed by atoms with van der Waals surface area (Å²) in [5.41, 5.74) is 2.43. The summed E-state index contributed by atoms with van der Waals surface area (Å²) in [5.74, 6) is 0. The van der Waals surface area contributed by atoms with E-state index in [1.807, 2.05) is 24.3 Å². The number of halogens is 2. The number of carbonyl (C=O) groups is 1. The molecule has 0 saturated heterocycles. The molecule has 0 fully saturated rings. The van der Waals surface area contributed by atoms with Crippen LogP contribution in [-0.2, 0) is 6.54 Å². The molecule has 6 nitrogen and oxygen atoms in total. The smallest absolute Gasteiger partial charge is 0.319 e. The molecule has 3 rings (SSSR count). The molecule has 0 radical (unpaired) electrons. The highest BCUT2D eigenvalue weighted by molar-refractivity contribution is 6.42. The van der Waals surface area contributed by atoms with E-state index < -0.39 is 0 Å². The van der Waals surface area contributed by atoms with Gasteiger partial charge in [-0.3, -0.25) is 0 Å². The first-order valence-corrected chi connectivity index (χ1v) is 7.81. The van der Waals surface area contributed by atoms with Crippen molar-refractivity contribution < 1.29 is 4.79 Å². The molecular weight excluding hydrogens is 349 g/mol. The third-order valence-corrected chi connectivity index (χ3v) is 3.99. The van der Waals surface area contributed by atoms with Gasteiger partial charge in [0.05, 0.1) is 15.7 Å². The number of nitrogens with one attached hydrogen (secondary N) is 2. The maximum Gasteiger partial charge on any atom is 0.319 e. The van der Waals surface area contributed by atoms with Crippen LogP contribution in [0.25, 0.3) is 5.69 Å². The first-order chi connectivity index (χ1) is 11.6. The van der Waals surface area contributed by atoms with Gasteiger partial charge in [0, 0.05) is 12.2 Å². The lowest BCUT2D eigenvalue weighted by Crippen LogP contribution is -2.28. The Balaban J connectivity index is 1.55. The quantitative estimate of drug-likeness (QED) is 0.740. The highest BCUT2D eigenvalue weighted by atomic mass is 35.5. The van der Waals surface area contributed by atoms with Gasteiger partial charge in [0.15, 0.2) is 0 Å². The Morgan fingerprint density at radius 2 is 1.88 bits per heavy atom. The zero-order valence-corrected chi connectivity index (χ0v) is 13.9. The van der Waals surface area contributed by atoms with Gasteiger partial charge in [-0.1, -0.05) is 35.3 Å². The highest BCUT2D eigenvalue weighted by Crippen LogP contribution is 2.24. The standard InChI is InChI=1S/C16H13Cl2N5O/c17-14-6-3-12(7-15(14)18)22-16(24)20-8-11-1-4-13(5-2-11)23-10-19-9-21-23/h1-7,9-10H,8H2,(H2,20,22,24). The molecule has 2 amide bonds. The van der Waals surface area contributed by atoms with E-state index in [-0.39, 0.29) is 6.03 Å². The number of nitrogens with zero attached hydrogens (tertiary/aromatic N) is 3. The van der Waals surface area contributed by atoms with Crippen LogP contribution in [0.4, 0.5) is 10.5 Å². The SMILES string of the molecule is O=C(NCc1ccc(-n2cncn2)cc1)Nc1ccc(Cl)c(Cl)c1. The fraction of sp³-hybridized carbons (Fsp3) is 0.0625. The summed E-state index contributed by atoms with van der Waals surface area (Å²) in [6.07, 6.45) is 3.10. The minimum Gasteiger partial charge on any atom is -0.334 e. The molecule has 122 valence electrons. The summed E-state index contributed by atoms with van der Waals surface area (Å²) >= 11 is 11.7. The molecule has 0 aliphatic rings. The number of rotatable bonds is 4. The van der Waals surface area contributed by atoms with Crippen LogP contribution in [0.15, 0.2) is 55.1 Å². The molecule has 0 bridgehead atoms. The number of benzene rings is 2. The second-order valence-electron chi connectivity index (χ2n) is 4.94. The van der Waals surface area contributed by atoms with E-state index in [1.165, 1.54) is 6.33 Å². The molecular formula is C16H13Cl2N5O. The molecule has 0 atom stereocenters. The van der Waals surface area contributed by atoms with Gasteiger partial charge in [-0.15, -0.1) is 0 Å². The summed E-state index contributed by atoms with van der Waals surface area (Å²) in [6.45, 7) is 0.394. The summed E-state index contributed by atoms with van der Waals surface area (Å²) in [5, 5.41) is 10.4. The van der Waals surface area contributed by atoms with Crippen molar-refractivity contribution in [3.8, 4) is 5.69 Å². The maximum atomic E-state index is 11.9. The molecule has 1 heterocycles. The predicted molar refractivity (Wildman–Crippen MR) is 93.7 cm³/mol. The van der Waals surface area contributed by atoms with E-state index in [0.717, 1.165) is 11.3 Å². The highest BCUT2D eigenvalue weighted by Gasteiger charge is 2.05. The first-order valence-electron chi connectivity index (χ1n) is 7.05. The largest absolute Gasteiger partial charge is 0.334 e. The Morgan fingerprint density at radius 3 is 2.54 bits per heavy atom. The lowest BCUT2D eigenvalue weighted by Gasteiger charge is -2.09. The Morgan fingerprint density at radius 1 is 1.08 bits per heavy atom. The number of hydrogen-bond acceptors (Lipinski definition) is 3. The van der Waals surface area contributed by atoms with Gasteiger partial charge < -0.3 is 10.6 Å². The molecule has 8 heteroatoms. The number of anilines is 1. The fourth-order valence-electron chi connectivity index (χ4n) is 2.04. The van der Waals surface area contributed by atoms with E-state index in [2.05, 4.69) is 20.7 Å². The second kappa shape index (κ2) is 7.33. The lowest BCUT2D eigenvalue weighted by atomic mass is 10.2. The molecule has 0 spiro atoms. The molecule has 2 aromatic carbocycles. The zero-order valence-electron chi connectivity index (χ0n) is 12.4. The van der Waals surface area contributed by atoms with Crippen LogP contribution in [0.2, 0.25) is 10.0 Å². The van der Waals surface area contributed by atoms with Gasteiger partial charge in [0.2, 0.25) is 0 Å². The predicted octanol–water partition coefficient (Wildman–Crippen LogP) is 3.90. The minimum atomic E-state index is -0.325. The topological polar surface area (TPSA) is 71.8 Å². The van der Waals surface area contributed by atoms with Crippen LogP contribution < -0.4 is 10.6 Å². The van der Waals surface area contributed by atoms with Gasteiger partial charge in [0.25, 0.3) is 0 Å². The van der Waals surface area contributed by atoms with Crippen LogP contribution >= 0.6 is 23.2 Å². The van der Waals surface area contributed by atoms with Crippen LogP contribution in [0.1, 0.15) is 5.56 Å². The van der Waals surface area contributed by atoms with E-state index in [9.17, 15) is 4.79 Å². The number of amides is 2. The van der Waals surface area contributed by atoms with Crippen LogP contribution in [0.3, 0.4) is 0 Å². The Kier molecular flexibility index (Phi) is 4.98. The van der Waals surface area contributed by atoms with E-state index in [4.69, 9.17) is 23.2 Å². The first kappa shape index (κ1) is 16.3.